The van der Waals surface area contributed by atoms with Gasteiger partial charge in [0.2, 0.25) is 0 Å². The minimum atomic E-state index is -0.0799. The molecule has 0 bridgehead atoms. The molecular weight excluding hydrogens is 127 g/mol. The highest BCUT2D eigenvalue weighted by molar-refractivity contribution is 5.33. The largest absolute Gasteiger partial charge is 0.210 e. The summed E-state index contributed by atoms with van der Waals surface area (Å²) in [6.07, 6.45) is 4.46. The van der Waals surface area contributed by atoms with Gasteiger partial charge >= 0.3 is 0 Å². The van der Waals surface area contributed by atoms with Crippen molar-refractivity contribution < 1.29 is 4.39 Å². The third-order valence-electron chi connectivity index (χ3n) is 1.44. The van der Waals surface area contributed by atoms with Crippen molar-refractivity contribution in [3.05, 3.63) is 23.6 Å². The Morgan fingerprint density at radius 3 is 3.20 bits per heavy atom. The maximum atomic E-state index is 12.8. The van der Waals surface area contributed by atoms with E-state index >= 15 is 0 Å². The van der Waals surface area contributed by atoms with Crippen molar-refractivity contribution in [2.45, 2.75) is 19.8 Å². The molecule has 0 aromatic rings. The number of rotatable bonds is 1. The molecule has 0 radical (unpaired) electrons. The summed E-state index contributed by atoms with van der Waals surface area (Å²) in [6, 6.07) is 0. The van der Waals surface area contributed by atoms with Crippen LogP contribution in [0.25, 0.3) is 0 Å². The van der Waals surface area contributed by atoms with Crippen LogP contribution in [0.5, 0.6) is 0 Å². The molecule has 52 valence electrons. The van der Waals surface area contributed by atoms with E-state index in [4.69, 9.17) is 0 Å². The maximum Gasteiger partial charge on any atom is 0.115 e. The van der Waals surface area contributed by atoms with Crippen molar-refractivity contribution in [1.29, 1.82) is 0 Å². The second-order valence-electron chi connectivity index (χ2n) is 2.11. The standard InChI is InChI=1S/C9H9F/c1-2-8-6-4-3-5-7-9(8)10/h4,6H,2,7H2,1H3. The molecule has 0 N–H and O–H groups in total. The van der Waals surface area contributed by atoms with Crippen molar-refractivity contribution in [2.24, 2.45) is 0 Å². The Morgan fingerprint density at radius 2 is 2.50 bits per heavy atom. The number of allylic oxidation sites excluding steroid dienone is 4. The quantitative estimate of drug-likeness (QED) is 0.486. The Balaban J connectivity index is 2.86. The summed E-state index contributed by atoms with van der Waals surface area (Å²) in [5.74, 6) is 5.34. The van der Waals surface area contributed by atoms with Crippen LogP contribution >= 0.6 is 0 Å². The number of halogens is 1. The van der Waals surface area contributed by atoms with E-state index in [9.17, 15) is 4.39 Å². The van der Waals surface area contributed by atoms with E-state index in [0.717, 1.165) is 12.0 Å². The Morgan fingerprint density at radius 1 is 1.70 bits per heavy atom. The fraction of sp³-hybridized carbons (Fsp3) is 0.333. The molecule has 0 aliphatic heterocycles. The van der Waals surface area contributed by atoms with E-state index in [2.05, 4.69) is 11.8 Å². The lowest BCUT2D eigenvalue weighted by Crippen LogP contribution is -1.79. The van der Waals surface area contributed by atoms with Crippen LogP contribution in [0, 0.1) is 11.8 Å². The van der Waals surface area contributed by atoms with Gasteiger partial charge in [0.15, 0.2) is 0 Å². The van der Waals surface area contributed by atoms with Crippen molar-refractivity contribution >= 4 is 0 Å². The SMILES string of the molecule is CCC1=C(F)CC#CC=C1. The van der Waals surface area contributed by atoms with Crippen LogP contribution < -0.4 is 0 Å². The predicted molar refractivity (Wildman–Crippen MR) is 40.0 cm³/mol. The van der Waals surface area contributed by atoms with Crippen LogP contribution in [0.2, 0.25) is 0 Å². The van der Waals surface area contributed by atoms with Gasteiger partial charge in [0, 0.05) is 0 Å². The summed E-state index contributed by atoms with van der Waals surface area (Å²) in [4.78, 5) is 0. The summed E-state index contributed by atoms with van der Waals surface area (Å²) in [5, 5.41) is 0. The van der Waals surface area contributed by atoms with Gasteiger partial charge in [-0.2, -0.15) is 0 Å². The molecule has 1 heteroatoms. The fourth-order valence-corrected chi connectivity index (χ4v) is 0.843. The molecule has 0 unspecified atom stereocenters. The van der Waals surface area contributed by atoms with Crippen molar-refractivity contribution in [1.82, 2.24) is 0 Å². The summed E-state index contributed by atoms with van der Waals surface area (Å²) < 4.78 is 12.8. The molecular formula is C9H9F. The minimum absolute atomic E-state index is 0.0799. The van der Waals surface area contributed by atoms with Crippen LogP contribution in [0.1, 0.15) is 19.8 Å². The molecule has 0 aromatic heterocycles. The van der Waals surface area contributed by atoms with Crippen LogP contribution in [0.3, 0.4) is 0 Å². The smallest absolute Gasteiger partial charge is 0.115 e. The van der Waals surface area contributed by atoms with Gasteiger partial charge in [-0.25, -0.2) is 4.39 Å². The highest BCUT2D eigenvalue weighted by Crippen LogP contribution is 2.15. The Kier molecular flexibility index (Phi) is 2.28. The topological polar surface area (TPSA) is 0 Å². The van der Waals surface area contributed by atoms with Crippen LogP contribution in [0.4, 0.5) is 4.39 Å². The summed E-state index contributed by atoms with van der Waals surface area (Å²) in [5.41, 5.74) is 0.762. The fourth-order valence-electron chi connectivity index (χ4n) is 0.843. The molecule has 0 fully saturated rings. The van der Waals surface area contributed by atoms with Gasteiger partial charge in [0.1, 0.15) is 5.83 Å². The third-order valence-corrected chi connectivity index (χ3v) is 1.44. The van der Waals surface area contributed by atoms with Crippen molar-refractivity contribution in [3.63, 3.8) is 0 Å². The highest BCUT2D eigenvalue weighted by atomic mass is 19.1. The molecule has 1 aliphatic rings. The number of hydrogen-bond acceptors (Lipinski definition) is 0. The lowest BCUT2D eigenvalue weighted by molar-refractivity contribution is 0.608. The zero-order valence-electron chi connectivity index (χ0n) is 5.95. The molecule has 10 heavy (non-hydrogen) atoms. The zero-order chi connectivity index (χ0) is 7.40. The second-order valence-corrected chi connectivity index (χ2v) is 2.11. The second kappa shape index (κ2) is 3.22. The van der Waals surface area contributed by atoms with Crippen molar-refractivity contribution in [2.75, 3.05) is 0 Å². The molecule has 0 aromatic carbocycles. The molecule has 0 heterocycles. The van der Waals surface area contributed by atoms with E-state index in [1.807, 2.05) is 6.92 Å². The molecule has 0 spiro atoms. The maximum absolute atomic E-state index is 12.8. The van der Waals surface area contributed by atoms with Gasteiger partial charge in [0.25, 0.3) is 0 Å². The summed E-state index contributed by atoms with van der Waals surface area (Å²) in [6.45, 7) is 1.94. The molecule has 1 rings (SSSR count). The highest BCUT2D eigenvalue weighted by Gasteiger charge is 2.00. The average Bonchev–Trinajstić information content (AvgIpc) is 2.13. The molecule has 0 amide bonds. The minimum Gasteiger partial charge on any atom is -0.210 e. The summed E-state index contributed by atoms with van der Waals surface area (Å²) >= 11 is 0. The first kappa shape index (κ1) is 7.08. The van der Waals surface area contributed by atoms with E-state index < -0.39 is 0 Å². The van der Waals surface area contributed by atoms with Crippen molar-refractivity contribution in [3.8, 4) is 11.8 Å². The zero-order valence-corrected chi connectivity index (χ0v) is 5.95. The van der Waals surface area contributed by atoms with Gasteiger partial charge in [-0.15, -0.1) is 0 Å². The monoisotopic (exact) mass is 136 g/mol. The van der Waals surface area contributed by atoms with Gasteiger partial charge in [-0.3, -0.25) is 0 Å². The first-order chi connectivity index (χ1) is 4.84. The normalized spacial score (nSPS) is 16.2. The Hall–Kier alpha value is -1.03. The lowest BCUT2D eigenvalue weighted by Gasteiger charge is -1.95. The number of hydrogen-bond donors (Lipinski definition) is 0. The van der Waals surface area contributed by atoms with E-state index in [1.165, 1.54) is 0 Å². The molecule has 0 saturated heterocycles. The van der Waals surface area contributed by atoms with Gasteiger partial charge in [0.05, 0.1) is 6.42 Å². The molecule has 0 atom stereocenters. The third kappa shape index (κ3) is 1.48. The average molecular weight is 136 g/mol. The molecule has 0 saturated carbocycles. The Bertz CT molecular complexity index is 235. The first-order valence-corrected chi connectivity index (χ1v) is 3.37. The first-order valence-electron chi connectivity index (χ1n) is 3.37. The van der Waals surface area contributed by atoms with E-state index in [1.54, 1.807) is 12.2 Å². The van der Waals surface area contributed by atoms with Gasteiger partial charge in [-0.05, 0) is 24.1 Å². The van der Waals surface area contributed by atoms with E-state index in [-0.39, 0.29) is 12.2 Å². The molecule has 0 nitrogen and oxygen atoms in total. The van der Waals surface area contributed by atoms with Crippen LogP contribution in [0.15, 0.2) is 23.6 Å². The lowest BCUT2D eigenvalue weighted by atomic mass is 10.1. The van der Waals surface area contributed by atoms with Crippen LogP contribution in [-0.4, -0.2) is 0 Å². The Labute approximate surface area is 60.4 Å². The van der Waals surface area contributed by atoms with Gasteiger partial charge in [-0.1, -0.05) is 18.8 Å². The van der Waals surface area contributed by atoms with Gasteiger partial charge < -0.3 is 0 Å². The van der Waals surface area contributed by atoms with Crippen LogP contribution in [-0.2, 0) is 0 Å². The predicted octanol–water partition coefficient (Wildman–Crippen LogP) is 2.58. The van der Waals surface area contributed by atoms with E-state index in [0.29, 0.717) is 0 Å². The summed E-state index contributed by atoms with van der Waals surface area (Å²) in [7, 11) is 0. The molecule has 1 aliphatic carbocycles.